The number of amides is 1. The molecule has 0 saturated carbocycles. The van der Waals surface area contributed by atoms with Crippen molar-refractivity contribution < 1.29 is 4.79 Å². The van der Waals surface area contributed by atoms with Gasteiger partial charge in [0.05, 0.1) is 5.92 Å². The molecule has 2 aliphatic rings. The summed E-state index contributed by atoms with van der Waals surface area (Å²) in [7, 11) is 0. The van der Waals surface area contributed by atoms with Crippen molar-refractivity contribution in [3.05, 3.63) is 33.5 Å². The molecule has 1 aromatic heterocycles. The fourth-order valence-electron chi connectivity index (χ4n) is 3.12. The fraction of sp³-hybridized carbons (Fsp3) is 0.562. The van der Waals surface area contributed by atoms with Gasteiger partial charge in [0.25, 0.3) is 0 Å². The van der Waals surface area contributed by atoms with Crippen LogP contribution in [0.2, 0.25) is 0 Å². The molecule has 1 unspecified atom stereocenters. The first-order valence-electron chi connectivity index (χ1n) is 7.57. The fourth-order valence-corrected chi connectivity index (χ4v) is 4.11. The maximum Gasteiger partial charge on any atom is 0.227 e. The number of carbonyl (C=O) groups is 1. The number of carbonyl (C=O) groups excluding carboxylic acids is 1. The lowest BCUT2D eigenvalue weighted by atomic mass is 9.87. The van der Waals surface area contributed by atoms with E-state index in [0.717, 1.165) is 51.7 Å². The quantitative estimate of drug-likeness (QED) is 0.837. The van der Waals surface area contributed by atoms with E-state index in [9.17, 15) is 4.79 Å². The predicted molar refractivity (Wildman–Crippen MR) is 83.2 cm³/mol. The Bertz CT molecular complexity index is 506. The SMILES string of the molecule is O=C(NCCC1=CCNCC1)C1CCCc2sccc21. The van der Waals surface area contributed by atoms with Crippen LogP contribution < -0.4 is 10.6 Å². The molecular weight excluding hydrogens is 268 g/mol. The van der Waals surface area contributed by atoms with Crippen LogP contribution in [0.3, 0.4) is 0 Å². The molecular formula is C16H22N2OS. The van der Waals surface area contributed by atoms with Gasteiger partial charge in [-0.1, -0.05) is 11.6 Å². The summed E-state index contributed by atoms with van der Waals surface area (Å²) in [6.45, 7) is 2.82. The lowest BCUT2D eigenvalue weighted by molar-refractivity contribution is -0.122. The van der Waals surface area contributed by atoms with Crippen LogP contribution >= 0.6 is 11.3 Å². The van der Waals surface area contributed by atoms with Crippen molar-refractivity contribution in [2.24, 2.45) is 0 Å². The normalized spacial score (nSPS) is 22.0. The molecule has 2 heterocycles. The number of nitrogens with one attached hydrogen (secondary N) is 2. The third-order valence-electron chi connectivity index (χ3n) is 4.27. The van der Waals surface area contributed by atoms with E-state index in [1.54, 1.807) is 11.3 Å². The van der Waals surface area contributed by atoms with Crippen LogP contribution in [0, 0.1) is 0 Å². The predicted octanol–water partition coefficient (Wildman–Crippen LogP) is 2.59. The Morgan fingerprint density at radius 1 is 1.45 bits per heavy atom. The Labute approximate surface area is 124 Å². The van der Waals surface area contributed by atoms with Gasteiger partial charge in [0.2, 0.25) is 5.91 Å². The first-order chi connectivity index (χ1) is 9.84. The monoisotopic (exact) mass is 290 g/mol. The summed E-state index contributed by atoms with van der Waals surface area (Å²) < 4.78 is 0. The second-order valence-electron chi connectivity index (χ2n) is 5.60. The molecule has 1 amide bonds. The molecule has 1 aliphatic heterocycles. The van der Waals surface area contributed by atoms with Crippen LogP contribution in [-0.2, 0) is 11.2 Å². The molecule has 108 valence electrons. The van der Waals surface area contributed by atoms with E-state index in [2.05, 4.69) is 28.2 Å². The van der Waals surface area contributed by atoms with Crippen LogP contribution in [-0.4, -0.2) is 25.5 Å². The molecule has 4 heteroatoms. The van der Waals surface area contributed by atoms with Crippen molar-refractivity contribution in [1.29, 1.82) is 0 Å². The minimum atomic E-state index is 0.0898. The van der Waals surface area contributed by atoms with Crippen LogP contribution in [0.4, 0.5) is 0 Å². The van der Waals surface area contributed by atoms with Gasteiger partial charge in [-0.05, 0) is 55.7 Å². The molecule has 1 aliphatic carbocycles. The molecule has 20 heavy (non-hydrogen) atoms. The average molecular weight is 290 g/mol. The van der Waals surface area contributed by atoms with E-state index in [1.807, 2.05) is 0 Å². The second kappa shape index (κ2) is 6.55. The molecule has 2 N–H and O–H groups in total. The highest BCUT2D eigenvalue weighted by atomic mass is 32.1. The highest BCUT2D eigenvalue weighted by Gasteiger charge is 2.26. The minimum absolute atomic E-state index is 0.0898. The molecule has 3 nitrogen and oxygen atoms in total. The smallest absolute Gasteiger partial charge is 0.227 e. The third-order valence-corrected chi connectivity index (χ3v) is 5.27. The zero-order valence-electron chi connectivity index (χ0n) is 11.8. The maximum absolute atomic E-state index is 12.4. The highest BCUT2D eigenvalue weighted by molar-refractivity contribution is 7.10. The van der Waals surface area contributed by atoms with Gasteiger partial charge in [0, 0.05) is 18.0 Å². The van der Waals surface area contributed by atoms with E-state index in [1.165, 1.54) is 16.0 Å². The number of thiophene rings is 1. The summed E-state index contributed by atoms with van der Waals surface area (Å²) in [6.07, 6.45) is 7.67. The summed E-state index contributed by atoms with van der Waals surface area (Å²) in [6, 6.07) is 2.14. The summed E-state index contributed by atoms with van der Waals surface area (Å²) in [4.78, 5) is 13.8. The van der Waals surface area contributed by atoms with Crippen LogP contribution in [0.25, 0.3) is 0 Å². The number of hydrogen-bond acceptors (Lipinski definition) is 3. The summed E-state index contributed by atoms with van der Waals surface area (Å²) in [5.74, 6) is 0.311. The van der Waals surface area contributed by atoms with Gasteiger partial charge >= 0.3 is 0 Å². The number of fused-ring (bicyclic) bond motifs is 1. The molecule has 0 spiro atoms. The molecule has 0 fully saturated rings. The van der Waals surface area contributed by atoms with Crippen LogP contribution in [0.5, 0.6) is 0 Å². The third kappa shape index (κ3) is 3.13. The van der Waals surface area contributed by atoms with Crippen molar-refractivity contribution in [3.63, 3.8) is 0 Å². The van der Waals surface area contributed by atoms with Crippen LogP contribution in [0.15, 0.2) is 23.1 Å². The Hall–Kier alpha value is -1.13. The lowest BCUT2D eigenvalue weighted by Crippen LogP contribution is -2.32. The molecule has 0 saturated heterocycles. The van der Waals surface area contributed by atoms with E-state index in [0.29, 0.717) is 0 Å². The zero-order valence-corrected chi connectivity index (χ0v) is 12.6. The largest absolute Gasteiger partial charge is 0.355 e. The Morgan fingerprint density at radius 3 is 3.25 bits per heavy atom. The van der Waals surface area contributed by atoms with Crippen molar-refractivity contribution in [2.75, 3.05) is 19.6 Å². The van der Waals surface area contributed by atoms with Gasteiger partial charge in [-0.3, -0.25) is 4.79 Å². The molecule has 1 atom stereocenters. The average Bonchev–Trinajstić information content (AvgIpc) is 2.96. The van der Waals surface area contributed by atoms with Gasteiger partial charge < -0.3 is 10.6 Å². The van der Waals surface area contributed by atoms with E-state index in [-0.39, 0.29) is 11.8 Å². The van der Waals surface area contributed by atoms with Gasteiger partial charge in [0.1, 0.15) is 0 Å². The van der Waals surface area contributed by atoms with Crippen molar-refractivity contribution in [2.45, 2.75) is 38.0 Å². The molecule has 0 bridgehead atoms. The van der Waals surface area contributed by atoms with E-state index in [4.69, 9.17) is 0 Å². The Morgan fingerprint density at radius 2 is 2.40 bits per heavy atom. The molecule has 1 aromatic rings. The highest BCUT2D eigenvalue weighted by Crippen LogP contribution is 2.34. The standard InChI is InChI=1S/C16H22N2OS/c19-16(18-10-6-12-4-8-17-9-5-12)14-2-1-3-15-13(14)7-11-20-15/h4,7,11,14,17H,1-3,5-6,8-10H2,(H,18,19). The maximum atomic E-state index is 12.4. The minimum Gasteiger partial charge on any atom is -0.355 e. The summed E-state index contributed by atoms with van der Waals surface area (Å²) >= 11 is 1.80. The summed E-state index contributed by atoms with van der Waals surface area (Å²) in [5.41, 5.74) is 2.75. The first-order valence-corrected chi connectivity index (χ1v) is 8.45. The van der Waals surface area contributed by atoms with Gasteiger partial charge in [-0.2, -0.15) is 0 Å². The second-order valence-corrected chi connectivity index (χ2v) is 6.60. The molecule has 0 radical (unpaired) electrons. The van der Waals surface area contributed by atoms with Gasteiger partial charge in [-0.15, -0.1) is 11.3 Å². The van der Waals surface area contributed by atoms with Crippen LogP contribution in [0.1, 0.15) is 42.0 Å². The van der Waals surface area contributed by atoms with E-state index < -0.39 is 0 Å². The lowest BCUT2D eigenvalue weighted by Gasteiger charge is -2.22. The Kier molecular flexibility index (Phi) is 4.53. The van der Waals surface area contributed by atoms with Gasteiger partial charge in [-0.25, -0.2) is 0 Å². The number of rotatable bonds is 4. The Balaban J connectivity index is 1.51. The molecule has 0 aromatic carbocycles. The number of hydrogen-bond donors (Lipinski definition) is 2. The number of aryl methyl sites for hydroxylation is 1. The summed E-state index contributed by atoms with van der Waals surface area (Å²) in [5, 5.41) is 8.57. The van der Waals surface area contributed by atoms with Crippen molar-refractivity contribution >= 4 is 17.2 Å². The van der Waals surface area contributed by atoms with E-state index >= 15 is 0 Å². The van der Waals surface area contributed by atoms with Crippen molar-refractivity contribution in [1.82, 2.24) is 10.6 Å². The van der Waals surface area contributed by atoms with Gasteiger partial charge in [0.15, 0.2) is 0 Å². The topological polar surface area (TPSA) is 41.1 Å². The van der Waals surface area contributed by atoms with Crippen molar-refractivity contribution in [3.8, 4) is 0 Å². The zero-order chi connectivity index (χ0) is 13.8. The first kappa shape index (κ1) is 13.8. The molecule has 3 rings (SSSR count).